The van der Waals surface area contributed by atoms with E-state index in [2.05, 4.69) is 25.6 Å². The largest absolute Gasteiger partial charge is 0.272 e. The van der Waals surface area contributed by atoms with Gasteiger partial charge in [-0.3, -0.25) is 4.79 Å². The lowest BCUT2D eigenvalue weighted by atomic mass is 10.3. The van der Waals surface area contributed by atoms with E-state index in [-0.39, 0.29) is 12.3 Å². The van der Waals surface area contributed by atoms with E-state index >= 15 is 0 Å². The summed E-state index contributed by atoms with van der Waals surface area (Å²) in [6, 6.07) is 17.5. The molecular weight excluding hydrogens is 394 g/mol. The summed E-state index contributed by atoms with van der Waals surface area (Å²) in [5.41, 5.74) is 2.53. The number of carbonyl (C=O) groups excluding carboxylic acids is 1. The first kappa shape index (κ1) is 17.0. The van der Waals surface area contributed by atoms with Crippen LogP contribution in [-0.4, -0.2) is 42.6 Å². The Balaban J connectivity index is 1.34. The highest BCUT2D eigenvalue weighted by molar-refractivity contribution is 7.99. The summed E-state index contributed by atoms with van der Waals surface area (Å²) in [5, 5.41) is 19.0. The van der Waals surface area contributed by atoms with Crippen molar-refractivity contribution in [1.82, 2.24) is 25.2 Å². The maximum Gasteiger partial charge on any atom is 0.255 e. The molecule has 0 atom stereocenters. The summed E-state index contributed by atoms with van der Waals surface area (Å²) < 4.78 is 2.71. The zero-order chi connectivity index (χ0) is 18.9. The normalized spacial score (nSPS) is 14.1. The van der Waals surface area contributed by atoms with E-state index in [9.17, 15) is 4.79 Å². The van der Waals surface area contributed by atoms with Gasteiger partial charge in [-0.15, -0.1) is 5.10 Å². The van der Waals surface area contributed by atoms with Crippen LogP contribution in [0.4, 0.5) is 5.13 Å². The minimum atomic E-state index is -0.0719. The molecule has 4 aromatic rings. The van der Waals surface area contributed by atoms with Crippen molar-refractivity contribution in [3.63, 3.8) is 0 Å². The highest BCUT2D eigenvalue weighted by Gasteiger charge is 2.28. The van der Waals surface area contributed by atoms with Crippen LogP contribution >= 0.6 is 23.1 Å². The Labute approximate surface area is 167 Å². The van der Waals surface area contributed by atoms with Gasteiger partial charge in [-0.2, -0.15) is 14.8 Å². The summed E-state index contributed by atoms with van der Waals surface area (Å²) in [4.78, 5) is 17.0. The molecule has 1 aliphatic heterocycles. The maximum atomic E-state index is 12.4. The number of thiazole rings is 1. The number of carbonyl (C=O) groups is 1. The lowest BCUT2D eigenvalue weighted by molar-refractivity contribution is -0.116. The highest BCUT2D eigenvalue weighted by atomic mass is 32.2. The van der Waals surface area contributed by atoms with Crippen LogP contribution in [0.5, 0.6) is 0 Å². The first-order valence-electron chi connectivity index (χ1n) is 8.49. The first-order chi connectivity index (χ1) is 13.8. The predicted molar refractivity (Wildman–Crippen MR) is 109 cm³/mol. The Morgan fingerprint density at radius 3 is 2.75 bits per heavy atom. The van der Waals surface area contributed by atoms with E-state index in [1.54, 1.807) is 4.68 Å². The molecule has 0 unspecified atom stereocenters. The molecule has 0 radical (unpaired) electrons. The van der Waals surface area contributed by atoms with E-state index in [4.69, 9.17) is 0 Å². The van der Waals surface area contributed by atoms with Gasteiger partial charge >= 0.3 is 0 Å². The Kier molecular flexibility index (Phi) is 4.34. The number of nitrogens with zero attached hydrogens (tertiary/aromatic N) is 7. The van der Waals surface area contributed by atoms with Gasteiger partial charge in [0, 0.05) is 5.75 Å². The fourth-order valence-electron chi connectivity index (χ4n) is 2.81. The summed E-state index contributed by atoms with van der Waals surface area (Å²) >= 11 is 2.91. The van der Waals surface area contributed by atoms with Crippen molar-refractivity contribution in [3.05, 3.63) is 54.6 Å². The molecule has 2 aromatic carbocycles. The molecule has 0 aliphatic carbocycles. The topological polar surface area (TPSA) is 89.2 Å². The smallest absolute Gasteiger partial charge is 0.255 e. The predicted octanol–water partition coefficient (Wildman–Crippen LogP) is 3.16. The Hall–Kier alpha value is -3.11. The summed E-state index contributed by atoms with van der Waals surface area (Å²) in [6.45, 7) is 0. The Morgan fingerprint density at radius 2 is 1.89 bits per heavy atom. The molecule has 5 rings (SSSR count). The van der Waals surface area contributed by atoms with Gasteiger partial charge < -0.3 is 0 Å². The number of hydrogen-bond acceptors (Lipinski definition) is 8. The Morgan fingerprint density at radius 1 is 1.07 bits per heavy atom. The zero-order valence-corrected chi connectivity index (χ0v) is 16.1. The second-order valence-corrected chi connectivity index (χ2v) is 7.96. The van der Waals surface area contributed by atoms with Crippen LogP contribution in [0.1, 0.15) is 6.42 Å². The molecule has 1 amide bonds. The molecule has 0 spiro atoms. The van der Waals surface area contributed by atoms with E-state index in [1.165, 1.54) is 28.1 Å². The first-order valence-corrected chi connectivity index (χ1v) is 10.3. The molecule has 10 heteroatoms. The third-order valence-corrected chi connectivity index (χ3v) is 6.11. The number of benzene rings is 2. The summed E-state index contributed by atoms with van der Waals surface area (Å²) in [5.74, 6) is 0.456. The lowest BCUT2D eigenvalue weighted by Crippen LogP contribution is -2.19. The van der Waals surface area contributed by atoms with Gasteiger partial charge in [0.1, 0.15) is 0 Å². The third-order valence-electron chi connectivity index (χ3n) is 4.11. The lowest BCUT2D eigenvalue weighted by Gasteiger charge is -2.05. The third kappa shape index (κ3) is 3.16. The molecule has 0 fully saturated rings. The van der Waals surface area contributed by atoms with Crippen molar-refractivity contribution < 1.29 is 4.79 Å². The van der Waals surface area contributed by atoms with Crippen LogP contribution in [0.2, 0.25) is 0 Å². The molecule has 0 bridgehead atoms. The standard InChI is InChI=1S/C18H13N7OS2/c26-16-10-12(21-25(16)17-19-14-8-4-5-9-15(14)28-17)11-27-18-20-22-23-24(18)13-6-2-1-3-7-13/h1-9H,10-11H2. The van der Waals surface area contributed by atoms with Crippen molar-refractivity contribution in [3.8, 4) is 5.69 Å². The molecule has 3 heterocycles. The van der Waals surface area contributed by atoms with E-state index in [0.29, 0.717) is 16.0 Å². The number of para-hydroxylation sites is 2. The minimum absolute atomic E-state index is 0.0719. The molecule has 138 valence electrons. The SMILES string of the molecule is O=C1CC(CSc2nnnn2-c2ccccc2)=NN1c1nc2ccccc2s1. The van der Waals surface area contributed by atoms with Gasteiger partial charge in [-0.05, 0) is 34.7 Å². The molecule has 28 heavy (non-hydrogen) atoms. The van der Waals surface area contributed by atoms with Crippen molar-refractivity contribution in [1.29, 1.82) is 0 Å². The van der Waals surface area contributed by atoms with Crippen molar-refractivity contribution in [2.24, 2.45) is 5.10 Å². The van der Waals surface area contributed by atoms with Gasteiger partial charge in [-0.25, -0.2) is 4.98 Å². The fraction of sp³-hybridized carbons (Fsp3) is 0.111. The van der Waals surface area contributed by atoms with Crippen molar-refractivity contribution in [2.45, 2.75) is 11.6 Å². The van der Waals surface area contributed by atoms with Crippen LogP contribution in [0, 0.1) is 0 Å². The number of amides is 1. The quantitative estimate of drug-likeness (QED) is 0.472. The summed E-state index contributed by atoms with van der Waals surface area (Å²) in [7, 11) is 0. The Bertz CT molecular complexity index is 1150. The number of fused-ring (bicyclic) bond motifs is 1. The van der Waals surface area contributed by atoms with Gasteiger partial charge in [0.15, 0.2) is 0 Å². The number of hydrazone groups is 1. The van der Waals surface area contributed by atoms with E-state index < -0.39 is 0 Å². The number of hydrogen-bond donors (Lipinski definition) is 0. The maximum absolute atomic E-state index is 12.4. The van der Waals surface area contributed by atoms with E-state index in [1.807, 2.05) is 54.6 Å². The number of anilines is 1. The molecule has 0 saturated carbocycles. The highest BCUT2D eigenvalue weighted by Crippen LogP contribution is 2.31. The fourth-order valence-corrected chi connectivity index (χ4v) is 4.56. The monoisotopic (exact) mass is 407 g/mol. The minimum Gasteiger partial charge on any atom is -0.272 e. The van der Waals surface area contributed by atoms with Crippen LogP contribution in [0.25, 0.3) is 15.9 Å². The number of thioether (sulfide) groups is 1. The van der Waals surface area contributed by atoms with Gasteiger partial charge in [0.2, 0.25) is 10.3 Å². The van der Waals surface area contributed by atoms with Gasteiger partial charge in [0.25, 0.3) is 5.91 Å². The van der Waals surface area contributed by atoms with Crippen molar-refractivity contribution in [2.75, 3.05) is 10.8 Å². The van der Waals surface area contributed by atoms with Crippen molar-refractivity contribution >= 4 is 50.1 Å². The second-order valence-electron chi connectivity index (χ2n) is 6.01. The average molecular weight is 407 g/mol. The number of aromatic nitrogens is 5. The number of tetrazole rings is 1. The van der Waals surface area contributed by atoms with Crippen LogP contribution < -0.4 is 5.01 Å². The molecule has 8 nitrogen and oxygen atoms in total. The van der Waals surface area contributed by atoms with E-state index in [0.717, 1.165) is 21.6 Å². The molecule has 0 N–H and O–H groups in total. The molecular formula is C18H13N7OS2. The zero-order valence-electron chi connectivity index (χ0n) is 14.5. The summed E-state index contributed by atoms with van der Waals surface area (Å²) in [6.07, 6.45) is 0.274. The molecule has 0 saturated heterocycles. The average Bonchev–Trinajstić information content (AvgIpc) is 3.44. The van der Waals surface area contributed by atoms with Crippen LogP contribution in [0.3, 0.4) is 0 Å². The van der Waals surface area contributed by atoms with Crippen LogP contribution in [-0.2, 0) is 4.79 Å². The van der Waals surface area contributed by atoms with Gasteiger partial charge in [0.05, 0.1) is 28.0 Å². The van der Waals surface area contributed by atoms with Gasteiger partial charge in [-0.1, -0.05) is 53.4 Å². The molecule has 2 aromatic heterocycles. The second kappa shape index (κ2) is 7.13. The number of rotatable bonds is 5. The molecule has 1 aliphatic rings. The van der Waals surface area contributed by atoms with Crippen LogP contribution in [0.15, 0.2) is 64.9 Å².